The Bertz CT molecular complexity index is 513. The lowest BCUT2D eigenvalue weighted by Gasteiger charge is -2.05. The Morgan fingerprint density at radius 2 is 2.24 bits per heavy atom. The minimum Gasteiger partial charge on any atom is -0.308 e. The molecule has 1 heterocycles. The predicted octanol–water partition coefficient (Wildman–Crippen LogP) is 3.64. The second-order valence-corrected chi connectivity index (χ2v) is 5.86. The van der Waals surface area contributed by atoms with Gasteiger partial charge in [0.1, 0.15) is 5.82 Å². The van der Waals surface area contributed by atoms with Crippen molar-refractivity contribution < 1.29 is 4.39 Å². The van der Waals surface area contributed by atoms with Crippen molar-refractivity contribution in [2.75, 3.05) is 0 Å². The van der Waals surface area contributed by atoms with Crippen LogP contribution >= 0.6 is 27.3 Å². The maximum atomic E-state index is 12.9. The van der Waals surface area contributed by atoms with Crippen LogP contribution in [-0.4, -0.2) is 4.98 Å². The van der Waals surface area contributed by atoms with Gasteiger partial charge in [-0.05, 0) is 24.6 Å². The molecule has 2 rings (SSSR count). The number of aromatic nitrogens is 1. The van der Waals surface area contributed by atoms with Crippen molar-refractivity contribution >= 4 is 27.3 Å². The predicted molar refractivity (Wildman–Crippen MR) is 71.5 cm³/mol. The van der Waals surface area contributed by atoms with Crippen LogP contribution in [0, 0.1) is 12.7 Å². The van der Waals surface area contributed by atoms with E-state index in [-0.39, 0.29) is 5.82 Å². The number of rotatable bonds is 4. The largest absolute Gasteiger partial charge is 0.308 e. The van der Waals surface area contributed by atoms with Crippen LogP contribution in [0.3, 0.4) is 0 Å². The third-order valence-corrected chi connectivity index (χ3v) is 3.95. The summed E-state index contributed by atoms with van der Waals surface area (Å²) in [5, 5.41) is 4.38. The van der Waals surface area contributed by atoms with E-state index in [2.05, 4.69) is 26.2 Å². The molecular formula is C12H12BrFN2S. The van der Waals surface area contributed by atoms with Gasteiger partial charge >= 0.3 is 0 Å². The van der Waals surface area contributed by atoms with E-state index >= 15 is 0 Å². The summed E-state index contributed by atoms with van der Waals surface area (Å²) < 4.78 is 13.7. The van der Waals surface area contributed by atoms with Gasteiger partial charge in [-0.2, -0.15) is 0 Å². The molecule has 0 atom stereocenters. The van der Waals surface area contributed by atoms with Gasteiger partial charge in [-0.15, -0.1) is 11.3 Å². The number of aryl methyl sites for hydroxylation is 1. The molecule has 0 aliphatic carbocycles. The maximum Gasteiger partial charge on any atom is 0.124 e. The molecule has 0 unspecified atom stereocenters. The molecule has 90 valence electrons. The van der Waals surface area contributed by atoms with E-state index in [1.165, 1.54) is 17.0 Å². The first-order chi connectivity index (χ1) is 8.15. The molecule has 0 aliphatic rings. The van der Waals surface area contributed by atoms with Crippen LogP contribution in [0.4, 0.5) is 4.39 Å². The molecule has 0 saturated carbocycles. The lowest BCUT2D eigenvalue weighted by atomic mass is 10.2. The number of hydrogen-bond acceptors (Lipinski definition) is 3. The summed E-state index contributed by atoms with van der Waals surface area (Å²) in [5.74, 6) is -0.223. The molecule has 0 saturated heterocycles. The van der Waals surface area contributed by atoms with E-state index in [0.29, 0.717) is 6.54 Å². The average molecular weight is 315 g/mol. The standard InChI is InChI=1S/C12H12BrFN2S/c1-8-16-7-11(17-8)6-15-5-9-2-3-10(14)4-12(9)13/h2-4,7,15H,5-6H2,1H3. The highest BCUT2D eigenvalue weighted by Gasteiger charge is 2.02. The molecule has 0 aliphatic heterocycles. The van der Waals surface area contributed by atoms with Crippen molar-refractivity contribution in [2.24, 2.45) is 0 Å². The fourth-order valence-electron chi connectivity index (χ4n) is 1.47. The Morgan fingerprint density at radius 3 is 2.88 bits per heavy atom. The Balaban J connectivity index is 1.90. The summed E-state index contributed by atoms with van der Waals surface area (Å²) in [7, 11) is 0. The fraction of sp³-hybridized carbons (Fsp3) is 0.250. The second-order valence-electron chi connectivity index (χ2n) is 3.68. The van der Waals surface area contributed by atoms with E-state index in [1.54, 1.807) is 17.4 Å². The number of nitrogens with one attached hydrogen (secondary N) is 1. The molecule has 1 aromatic heterocycles. The molecule has 1 aromatic carbocycles. The third-order valence-electron chi connectivity index (χ3n) is 2.30. The van der Waals surface area contributed by atoms with Gasteiger partial charge in [-0.3, -0.25) is 0 Å². The molecule has 0 radical (unpaired) electrons. The summed E-state index contributed by atoms with van der Waals surface area (Å²) in [6.07, 6.45) is 1.88. The van der Waals surface area contributed by atoms with Gasteiger partial charge in [0.25, 0.3) is 0 Å². The highest BCUT2D eigenvalue weighted by atomic mass is 79.9. The zero-order valence-corrected chi connectivity index (χ0v) is 11.7. The normalized spacial score (nSPS) is 10.8. The van der Waals surface area contributed by atoms with E-state index in [9.17, 15) is 4.39 Å². The lowest BCUT2D eigenvalue weighted by molar-refractivity contribution is 0.623. The van der Waals surface area contributed by atoms with Crippen LogP contribution in [0.2, 0.25) is 0 Å². The summed E-state index contributed by atoms with van der Waals surface area (Å²) in [6.45, 7) is 3.48. The quantitative estimate of drug-likeness (QED) is 0.932. The van der Waals surface area contributed by atoms with Crippen LogP contribution in [0.1, 0.15) is 15.4 Å². The van der Waals surface area contributed by atoms with Crippen LogP contribution in [0.5, 0.6) is 0 Å². The van der Waals surface area contributed by atoms with Gasteiger partial charge in [0.15, 0.2) is 0 Å². The smallest absolute Gasteiger partial charge is 0.124 e. The number of nitrogens with zero attached hydrogens (tertiary/aromatic N) is 1. The number of thiazole rings is 1. The van der Waals surface area contributed by atoms with Gasteiger partial charge < -0.3 is 5.32 Å². The first kappa shape index (κ1) is 12.7. The maximum absolute atomic E-state index is 12.9. The van der Waals surface area contributed by atoms with Crippen molar-refractivity contribution in [1.82, 2.24) is 10.3 Å². The molecule has 1 N–H and O–H groups in total. The van der Waals surface area contributed by atoms with Crippen molar-refractivity contribution in [1.29, 1.82) is 0 Å². The van der Waals surface area contributed by atoms with Gasteiger partial charge in [0.2, 0.25) is 0 Å². The minimum absolute atomic E-state index is 0.223. The molecule has 5 heteroatoms. The number of hydrogen-bond donors (Lipinski definition) is 1. The van der Waals surface area contributed by atoms with E-state index in [4.69, 9.17) is 0 Å². The number of halogens is 2. The highest BCUT2D eigenvalue weighted by molar-refractivity contribution is 9.10. The molecule has 0 fully saturated rings. The monoisotopic (exact) mass is 314 g/mol. The van der Waals surface area contributed by atoms with E-state index in [1.807, 2.05) is 13.1 Å². The average Bonchev–Trinajstić information content (AvgIpc) is 2.68. The zero-order chi connectivity index (χ0) is 12.3. The van der Waals surface area contributed by atoms with Crippen molar-refractivity contribution in [3.05, 3.63) is 50.1 Å². The molecule has 0 bridgehead atoms. The summed E-state index contributed by atoms with van der Waals surface area (Å²) in [4.78, 5) is 5.40. The van der Waals surface area contributed by atoms with Crippen LogP contribution in [-0.2, 0) is 13.1 Å². The van der Waals surface area contributed by atoms with Crippen LogP contribution < -0.4 is 5.32 Å². The molecule has 0 amide bonds. The van der Waals surface area contributed by atoms with E-state index < -0.39 is 0 Å². The molecule has 17 heavy (non-hydrogen) atoms. The third kappa shape index (κ3) is 3.59. The van der Waals surface area contributed by atoms with Gasteiger partial charge in [0, 0.05) is 28.6 Å². The molecular weight excluding hydrogens is 303 g/mol. The van der Waals surface area contributed by atoms with Crippen molar-refractivity contribution in [2.45, 2.75) is 20.0 Å². The zero-order valence-electron chi connectivity index (χ0n) is 9.34. The Labute approximate surface area is 112 Å². The van der Waals surface area contributed by atoms with E-state index in [0.717, 1.165) is 21.6 Å². The first-order valence-electron chi connectivity index (χ1n) is 5.21. The second kappa shape index (κ2) is 5.71. The number of benzene rings is 1. The minimum atomic E-state index is -0.223. The molecule has 2 nitrogen and oxygen atoms in total. The molecule has 0 spiro atoms. The van der Waals surface area contributed by atoms with Crippen LogP contribution in [0.25, 0.3) is 0 Å². The van der Waals surface area contributed by atoms with Crippen molar-refractivity contribution in [3.63, 3.8) is 0 Å². The molecule has 2 aromatic rings. The summed E-state index contributed by atoms with van der Waals surface area (Å²) in [5.41, 5.74) is 1.05. The first-order valence-corrected chi connectivity index (χ1v) is 6.82. The highest BCUT2D eigenvalue weighted by Crippen LogP contribution is 2.18. The Hall–Kier alpha value is -0.780. The van der Waals surface area contributed by atoms with Gasteiger partial charge in [-0.1, -0.05) is 22.0 Å². The van der Waals surface area contributed by atoms with Gasteiger partial charge in [-0.25, -0.2) is 9.37 Å². The SMILES string of the molecule is Cc1ncc(CNCc2ccc(F)cc2Br)s1. The summed E-state index contributed by atoms with van der Waals surface area (Å²) >= 11 is 5.03. The fourth-order valence-corrected chi connectivity index (χ4v) is 2.73. The Morgan fingerprint density at radius 1 is 1.41 bits per heavy atom. The van der Waals surface area contributed by atoms with Crippen LogP contribution in [0.15, 0.2) is 28.9 Å². The van der Waals surface area contributed by atoms with Crippen molar-refractivity contribution in [3.8, 4) is 0 Å². The Kier molecular flexibility index (Phi) is 4.25. The summed E-state index contributed by atoms with van der Waals surface area (Å²) in [6, 6.07) is 4.73. The topological polar surface area (TPSA) is 24.9 Å². The lowest BCUT2D eigenvalue weighted by Crippen LogP contribution is -2.12. The van der Waals surface area contributed by atoms with Gasteiger partial charge in [0.05, 0.1) is 5.01 Å².